The van der Waals surface area contributed by atoms with Gasteiger partial charge in [0.25, 0.3) is 5.91 Å². The zero-order valence-corrected chi connectivity index (χ0v) is 11.6. The average molecular weight is 292 g/mol. The Hall–Kier alpha value is -2.27. The molecule has 0 aliphatic heterocycles. The second-order valence-corrected chi connectivity index (χ2v) is 4.65. The summed E-state index contributed by atoms with van der Waals surface area (Å²) in [6, 6.07) is 8.48. The van der Waals surface area contributed by atoms with E-state index in [0.29, 0.717) is 22.3 Å². The molecule has 2 rings (SSSR count). The van der Waals surface area contributed by atoms with Crippen molar-refractivity contribution in [3.63, 3.8) is 0 Å². The molecule has 1 amide bonds. The van der Waals surface area contributed by atoms with Crippen LogP contribution >= 0.6 is 11.6 Å². The molecule has 0 unspecified atom stereocenters. The fraction of sp³-hybridized carbons (Fsp3) is 0.143. The van der Waals surface area contributed by atoms with Crippen molar-refractivity contribution in [2.75, 3.05) is 17.7 Å². The molecule has 0 aliphatic carbocycles. The van der Waals surface area contributed by atoms with Gasteiger partial charge >= 0.3 is 0 Å². The molecule has 0 fully saturated rings. The maximum absolute atomic E-state index is 11.7. The monoisotopic (exact) mass is 291 g/mol. The molecule has 6 heteroatoms. The van der Waals surface area contributed by atoms with Gasteiger partial charge in [-0.15, -0.1) is 0 Å². The molecule has 3 N–H and O–H groups in total. The quantitative estimate of drug-likeness (QED) is 0.908. The fourth-order valence-electron chi connectivity index (χ4n) is 1.49. The molecule has 0 radical (unpaired) electrons. The molecule has 0 atom stereocenters. The van der Waals surface area contributed by atoms with E-state index in [1.165, 1.54) is 6.20 Å². The van der Waals surface area contributed by atoms with E-state index in [0.717, 1.165) is 5.56 Å². The Bertz CT molecular complexity index is 614. The van der Waals surface area contributed by atoms with Crippen molar-refractivity contribution < 1.29 is 9.53 Å². The predicted octanol–water partition coefficient (Wildman–Crippen LogP) is 2.64. The first-order valence-electron chi connectivity index (χ1n) is 5.95. The highest BCUT2D eigenvalue weighted by Crippen LogP contribution is 2.16. The first-order chi connectivity index (χ1) is 9.54. The van der Waals surface area contributed by atoms with E-state index in [9.17, 15) is 4.79 Å². The van der Waals surface area contributed by atoms with Crippen molar-refractivity contribution in [3.05, 3.63) is 47.1 Å². The molecule has 1 aromatic carbocycles. The first-order valence-corrected chi connectivity index (χ1v) is 6.33. The molecule has 0 saturated heterocycles. The Balaban J connectivity index is 1.89. The van der Waals surface area contributed by atoms with Crippen LogP contribution in [0, 0.1) is 6.92 Å². The number of rotatable bonds is 4. The number of aromatic nitrogens is 1. The highest BCUT2D eigenvalue weighted by atomic mass is 35.5. The second kappa shape index (κ2) is 6.25. The third-order valence-corrected chi connectivity index (χ3v) is 2.85. The fourth-order valence-corrected chi connectivity index (χ4v) is 1.62. The van der Waals surface area contributed by atoms with Crippen LogP contribution in [0.4, 0.5) is 11.5 Å². The van der Waals surface area contributed by atoms with Crippen molar-refractivity contribution in [3.8, 4) is 5.75 Å². The van der Waals surface area contributed by atoms with Gasteiger partial charge in [0.1, 0.15) is 11.6 Å². The van der Waals surface area contributed by atoms with E-state index in [2.05, 4.69) is 10.3 Å². The van der Waals surface area contributed by atoms with Crippen molar-refractivity contribution in [1.29, 1.82) is 0 Å². The molecule has 2 aromatic rings. The number of nitrogens with two attached hydrogens (primary N) is 1. The smallest absolute Gasteiger partial charge is 0.263 e. The van der Waals surface area contributed by atoms with Gasteiger partial charge in [0.2, 0.25) is 0 Å². The van der Waals surface area contributed by atoms with Gasteiger partial charge < -0.3 is 15.8 Å². The molecular formula is C14H14ClN3O2. The van der Waals surface area contributed by atoms with Crippen LogP contribution in [0.3, 0.4) is 0 Å². The average Bonchev–Trinajstić information content (AvgIpc) is 2.42. The van der Waals surface area contributed by atoms with Crippen molar-refractivity contribution in [2.45, 2.75) is 6.92 Å². The number of nitrogens with one attached hydrogen (secondary N) is 1. The lowest BCUT2D eigenvalue weighted by atomic mass is 10.2. The zero-order chi connectivity index (χ0) is 14.5. The van der Waals surface area contributed by atoms with Gasteiger partial charge in [0.05, 0.1) is 11.9 Å². The van der Waals surface area contributed by atoms with Gasteiger partial charge in [0.15, 0.2) is 6.61 Å². The van der Waals surface area contributed by atoms with Crippen molar-refractivity contribution >= 4 is 29.0 Å². The first kappa shape index (κ1) is 14.1. The lowest BCUT2D eigenvalue weighted by Crippen LogP contribution is -2.20. The minimum absolute atomic E-state index is 0.104. The van der Waals surface area contributed by atoms with Gasteiger partial charge in [-0.2, -0.15) is 0 Å². The van der Waals surface area contributed by atoms with Crippen LogP contribution in [-0.4, -0.2) is 17.5 Å². The lowest BCUT2D eigenvalue weighted by molar-refractivity contribution is -0.118. The third kappa shape index (κ3) is 3.86. The number of carbonyl (C=O) groups excluding carboxylic acids is 1. The van der Waals surface area contributed by atoms with Crippen LogP contribution in [0.15, 0.2) is 36.5 Å². The zero-order valence-electron chi connectivity index (χ0n) is 10.9. The minimum atomic E-state index is -0.295. The molecule has 0 bridgehead atoms. The highest BCUT2D eigenvalue weighted by Gasteiger charge is 2.05. The molecule has 1 heterocycles. The van der Waals surface area contributed by atoms with Gasteiger partial charge in [-0.3, -0.25) is 4.79 Å². The van der Waals surface area contributed by atoms with Crippen LogP contribution in [0.1, 0.15) is 5.56 Å². The van der Waals surface area contributed by atoms with Gasteiger partial charge in [-0.25, -0.2) is 4.98 Å². The summed E-state index contributed by atoms with van der Waals surface area (Å²) in [5, 5.41) is 3.25. The number of benzene rings is 1. The Morgan fingerprint density at radius 3 is 2.75 bits per heavy atom. The number of anilines is 2. The number of ether oxygens (including phenoxy) is 1. The third-order valence-electron chi connectivity index (χ3n) is 2.60. The van der Waals surface area contributed by atoms with Gasteiger partial charge in [0, 0.05) is 5.02 Å². The number of nitrogens with zero attached hydrogens (tertiary/aromatic N) is 1. The van der Waals surface area contributed by atoms with E-state index in [4.69, 9.17) is 22.1 Å². The second-order valence-electron chi connectivity index (χ2n) is 4.22. The summed E-state index contributed by atoms with van der Waals surface area (Å²) < 4.78 is 5.33. The normalized spacial score (nSPS) is 10.1. The Labute approximate surface area is 121 Å². The molecule has 0 saturated carbocycles. The van der Waals surface area contributed by atoms with Crippen LogP contribution in [-0.2, 0) is 4.79 Å². The summed E-state index contributed by atoms with van der Waals surface area (Å²) in [6.45, 7) is 1.74. The molecule has 0 spiro atoms. The van der Waals surface area contributed by atoms with E-state index in [-0.39, 0.29) is 12.5 Å². The predicted molar refractivity (Wildman–Crippen MR) is 79.0 cm³/mol. The molecule has 20 heavy (non-hydrogen) atoms. The molecule has 104 valence electrons. The topological polar surface area (TPSA) is 77.2 Å². The maximum Gasteiger partial charge on any atom is 0.263 e. The largest absolute Gasteiger partial charge is 0.484 e. The van der Waals surface area contributed by atoms with Crippen LogP contribution < -0.4 is 15.8 Å². The molecule has 1 aromatic heterocycles. The summed E-state index contributed by atoms with van der Waals surface area (Å²) in [5.74, 6) is 0.726. The summed E-state index contributed by atoms with van der Waals surface area (Å²) in [7, 11) is 0. The number of halogens is 1. The number of aryl methyl sites for hydroxylation is 1. The minimum Gasteiger partial charge on any atom is -0.484 e. The number of amides is 1. The maximum atomic E-state index is 11.7. The van der Waals surface area contributed by atoms with E-state index < -0.39 is 0 Å². The van der Waals surface area contributed by atoms with Crippen LogP contribution in [0.25, 0.3) is 0 Å². The highest BCUT2D eigenvalue weighted by molar-refractivity contribution is 6.30. The van der Waals surface area contributed by atoms with Crippen molar-refractivity contribution in [1.82, 2.24) is 4.98 Å². The van der Waals surface area contributed by atoms with Crippen LogP contribution in [0.5, 0.6) is 5.75 Å². The van der Waals surface area contributed by atoms with Crippen molar-refractivity contribution in [2.24, 2.45) is 0 Å². The summed E-state index contributed by atoms with van der Waals surface area (Å²) in [4.78, 5) is 15.7. The summed E-state index contributed by atoms with van der Waals surface area (Å²) >= 11 is 5.76. The van der Waals surface area contributed by atoms with Gasteiger partial charge in [-0.1, -0.05) is 11.6 Å². The number of nitrogen functional groups attached to an aromatic ring is 1. The number of pyridine rings is 1. The number of hydrogen-bond donors (Lipinski definition) is 2. The van der Waals surface area contributed by atoms with E-state index >= 15 is 0 Å². The standard InChI is InChI=1S/C14H14ClN3O2/c1-9-6-13(17-7-12(9)16)18-14(19)8-20-11-4-2-10(15)3-5-11/h2-7H,8,16H2,1H3,(H,17,18,19). The van der Waals surface area contributed by atoms with E-state index in [1.54, 1.807) is 30.3 Å². The summed E-state index contributed by atoms with van der Waals surface area (Å²) in [6.07, 6.45) is 1.50. The van der Waals surface area contributed by atoms with E-state index in [1.807, 2.05) is 6.92 Å². The van der Waals surface area contributed by atoms with Crippen LogP contribution in [0.2, 0.25) is 5.02 Å². The molecule has 0 aliphatic rings. The Morgan fingerprint density at radius 2 is 2.10 bits per heavy atom. The van der Waals surface area contributed by atoms with Gasteiger partial charge in [-0.05, 0) is 42.8 Å². The lowest BCUT2D eigenvalue weighted by Gasteiger charge is -2.08. The Morgan fingerprint density at radius 1 is 1.40 bits per heavy atom. The summed E-state index contributed by atoms with van der Waals surface area (Å²) in [5.41, 5.74) is 7.09. The number of carbonyl (C=O) groups is 1. The Kier molecular flexibility index (Phi) is 4.42. The number of hydrogen-bond acceptors (Lipinski definition) is 4. The SMILES string of the molecule is Cc1cc(NC(=O)COc2ccc(Cl)cc2)ncc1N. The molecule has 5 nitrogen and oxygen atoms in total. The molecular weight excluding hydrogens is 278 g/mol.